The number of allylic oxidation sites excluding steroid dienone is 1. The van der Waals surface area contributed by atoms with Gasteiger partial charge in [0, 0.05) is 0 Å². The Morgan fingerprint density at radius 3 is 2.80 bits per heavy atom. The van der Waals surface area contributed by atoms with E-state index in [4.69, 9.17) is 0 Å². The Hall–Kier alpha value is -2.10. The normalized spacial score (nSPS) is 9.93. The highest BCUT2D eigenvalue weighted by atomic mass is 16.5. The zero-order valence-corrected chi connectivity index (χ0v) is 8.27. The molecule has 0 aliphatic heterocycles. The summed E-state index contributed by atoms with van der Waals surface area (Å²) in [7, 11) is 1.29. The van der Waals surface area contributed by atoms with Gasteiger partial charge in [-0.1, -0.05) is 18.2 Å². The Labute approximate surface area is 87.6 Å². The molecule has 78 valence electrons. The Kier molecular flexibility index (Phi) is 4.09. The number of hydrogen-bond acceptors (Lipinski definition) is 3. The lowest BCUT2D eigenvalue weighted by Gasteiger charge is -2.06. The van der Waals surface area contributed by atoms with Crippen molar-refractivity contribution in [1.29, 1.82) is 0 Å². The molecule has 0 aromatic heterocycles. The van der Waals surface area contributed by atoms with Crippen LogP contribution in [-0.4, -0.2) is 19.5 Å². The lowest BCUT2D eigenvalue weighted by atomic mass is 10.1. The number of rotatable bonds is 3. The van der Waals surface area contributed by atoms with E-state index >= 15 is 0 Å². The highest BCUT2D eigenvalue weighted by Gasteiger charge is 2.02. The molecule has 0 fully saturated rings. The van der Waals surface area contributed by atoms with E-state index < -0.39 is 6.09 Å². The fourth-order valence-electron chi connectivity index (χ4n) is 1.06. The van der Waals surface area contributed by atoms with Crippen molar-refractivity contribution in [3.05, 3.63) is 35.9 Å². The van der Waals surface area contributed by atoms with Gasteiger partial charge in [0.25, 0.3) is 0 Å². The standard InChI is InChI=1S/C11H11NO3/c1-15-11(14)12-10-7-3-2-5-9(10)6-4-8-13/h2-8H,1H3,(H,12,14)/b6-4+. The summed E-state index contributed by atoms with van der Waals surface area (Å²) in [5, 5.41) is 2.54. The highest BCUT2D eigenvalue weighted by molar-refractivity contribution is 5.88. The predicted molar refractivity (Wildman–Crippen MR) is 57.6 cm³/mol. The van der Waals surface area contributed by atoms with Crippen molar-refractivity contribution in [2.75, 3.05) is 12.4 Å². The third-order valence-corrected chi connectivity index (χ3v) is 1.74. The summed E-state index contributed by atoms with van der Waals surface area (Å²) in [5.74, 6) is 0. The number of anilines is 1. The van der Waals surface area contributed by atoms with E-state index in [0.29, 0.717) is 12.0 Å². The molecule has 1 rings (SSSR count). The average molecular weight is 205 g/mol. The number of nitrogens with one attached hydrogen (secondary N) is 1. The largest absolute Gasteiger partial charge is 0.453 e. The van der Waals surface area contributed by atoms with Crippen LogP contribution in [0.25, 0.3) is 6.08 Å². The summed E-state index contributed by atoms with van der Waals surface area (Å²) in [6.07, 6.45) is 3.10. The van der Waals surface area contributed by atoms with Crippen LogP contribution in [0.3, 0.4) is 0 Å². The molecular weight excluding hydrogens is 194 g/mol. The maximum atomic E-state index is 11.0. The van der Waals surface area contributed by atoms with Crippen molar-refractivity contribution >= 4 is 24.1 Å². The lowest BCUT2D eigenvalue weighted by Crippen LogP contribution is -2.11. The van der Waals surface area contributed by atoms with Crippen LogP contribution in [0.2, 0.25) is 0 Å². The fraction of sp³-hybridized carbons (Fsp3) is 0.0909. The minimum absolute atomic E-state index is 0.540. The molecule has 0 radical (unpaired) electrons. The third-order valence-electron chi connectivity index (χ3n) is 1.74. The molecule has 1 aromatic rings. The van der Waals surface area contributed by atoms with Gasteiger partial charge >= 0.3 is 6.09 Å². The summed E-state index contributed by atoms with van der Waals surface area (Å²) in [6.45, 7) is 0. The molecule has 0 spiro atoms. The van der Waals surface area contributed by atoms with Crippen LogP contribution < -0.4 is 5.32 Å². The lowest BCUT2D eigenvalue weighted by molar-refractivity contribution is -0.104. The number of carbonyl (C=O) groups excluding carboxylic acids is 2. The molecule has 0 aliphatic rings. The van der Waals surface area contributed by atoms with Gasteiger partial charge in [0.2, 0.25) is 0 Å². The Morgan fingerprint density at radius 2 is 2.13 bits per heavy atom. The zero-order chi connectivity index (χ0) is 11.1. The van der Waals surface area contributed by atoms with E-state index in [9.17, 15) is 9.59 Å². The summed E-state index contributed by atoms with van der Waals surface area (Å²) in [5.41, 5.74) is 1.34. The van der Waals surface area contributed by atoms with Gasteiger partial charge in [-0.15, -0.1) is 0 Å². The van der Waals surface area contributed by atoms with Crippen LogP contribution >= 0.6 is 0 Å². The smallest absolute Gasteiger partial charge is 0.411 e. The molecule has 0 unspecified atom stereocenters. The van der Waals surface area contributed by atoms with Crippen molar-refractivity contribution < 1.29 is 14.3 Å². The summed E-state index contributed by atoms with van der Waals surface area (Å²) in [4.78, 5) is 21.1. The second-order valence-electron chi connectivity index (χ2n) is 2.70. The van der Waals surface area contributed by atoms with Crippen molar-refractivity contribution in [1.82, 2.24) is 0 Å². The molecule has 15 heavy (non-hydrogen) atoms. The Balaban J connectivity index is 2.90. The topological polar surface area (TPSA) is 55.4 Å². The SMILES string of the molecule is COC(=O)Nc1ccccc1/C=C/C=O. The third kappa shape index (κ3) is 3.27. The second kappa shape index (κ2) is 5.59. The predicted octanol–water partition coefficient (Wildman–Crippen LogP) is 2.08. The maximum Gasteiger partial charge on any atom is 0.411 e. The van der Waals surface area contributed by atoms with Crippen molar-refractivity contribution in [3.8, 4) is 0 Å². The van der Waals surface area contributed by atoms with Crippen LogP contribution in [0.1, 0.15) is 5.56 Å². The van der Waals surface area contributed by atoms with E-state index in [0.717, 1.165) is 5.56 Å². The number of aldehydes is 1. The van der Waals surface area contributed by atoms with Gasteiger partial charge in [-0.2, -0.15) is 0 Å². The van der Waals surface area contributed by atoms with Gasteiger partial charge in [0.15, 0.2) is 0 Å². The van der Waals surface area contributed by atoms with Gasteiger partial charge in [0.1, 0.15) is 6.29 Å². The van der Waals surface area contributed by atoms with Crippen molar-refractivity contribution in [2.45, 2.75) is 0 Å². The number of ether oxygens (including phenoxy) is 1. The quantitative estimate of drug-likeness (QED) is 0.607. The second-order valence-corrected chi connectivity index (χ2v) is 2.70. The molecule has 1 N–H and O–H groups in total. The number of carbonyl (C=O) groups is 2. The first-order valence-corrected chi connectivity index (χ1v) is 4.33. The average Bonchev–Trinajstić information content (AvgIpc) is 2.28. The van der Waals surface area contributed by atoms with Gasteiger partial charge in [0.05, 0.1) is 12.8 Å². The number of hydrogen-bond donors (Lipinski definition) is 1. The Bertz CT molecular complexity index is 385. The molecule has 0 aliphatic carbocycles. The van der Waals surface area contributed by atoms with Gasteiger partial charge < -0.3 is 4.74 Å². The summed E-state index contributed by atoms with van der Waals surface area (Å²) < 4.78 is 4.47. The number of benzene rings is 1. The van der Waals surface area contributed by atoms with Crippen LogP contribution in [0.5, 0.6) is 0 Å². The van der Waals surface area contributed by atoms with E-state index in [1.807, 2.05) is 6.07 Å². The number of amides is 1. The fourth-order valence-corrected chi connectivity index (χ4v) is 1.06. The van der Waals surface area contributed by atoms with E-state index in [1.54, 1.807) is 24.3 Å². The summed E-state index contributed by atoms with van der Waals surface area (Å²) >= 11 is 0. The number of methoxy groups -OCH3 is 1. The van der Waals surface area contributed by atoms with E-state index in [1.165, 1.54) is 13.2 Å². The molecule has 0 heterocycles. The van der Waals surface area contributed by atoms with Gasteiger partial charge in [-0.25, -0.2) is 4.79 Å². The molecule has 4 heteroatoms. The molecule has 0 bridgehead atoms. The number of para-hydroxylation sites is 1. The molecule has 1 amide bonds. The van der Waals surface area contributed by atoms with Crippen LogP contribution in [-0.2, 0) is 9.53 Å². The highest BCUT2D eigenvalue weighted by Crippen LogP contribution is 2.16. The van der Waals surface area contributed by atoms with Crippen LogP contribution in [0.4, 0.5) is 10.5 Å². The van der Waals surface area contributed by atoms with E-state index in [-0.39, 0.29) is 0 Å². The molecular formula is C11H11NO3. The molecule has 0 saturated heterocycles. The zero-order valence-electron chi connectivity index (χ0n) is 8.27. The first-order chi connectivity index (χ1) is 7.27. The molecule has 0 saturated carbocycles. The van der Waals surface area contributed by atoms with Crippen LogP contribution in [0.15, 0.2) is 30.3 Å². The molecule has 0 atom stereocenters. The minimum atomic E-state index is -0.540. The first-order valence-electron chi connectivity index (χ1n) is 4.33. The van der Waals surface area contributed by atoms with Crippen molar-refractivity contribution in [2.24, 2.45) is 0 Å². The molecule has 4 nitrogen and oxygen atoms in total. The monoisotopic (exact) mass is 205 g/mol. The Morgan fingerprint density at radius 1 is 1.40 bits per heavy atom. The molecule has 1 aromatic carbocycles. The van der Waals surface area contributed by atoms with Gasteiger partial charge in [-0.05, 0) is 23.8 Å². The maximum absolute atomic E-state index is 11.0. The van der Waals surface area contributed by atoms with Crippen molar-refractivity contribution in [3.63, 3.8) is 0 Å². The van der Waals surface area contributed by atoms with Crippen LogP contribution in [0, 0.1) is 0 Å². The first kappa shape index (κ1) is 11.0. The summed E-state index contributed by atoms with van der Waals surface area (Å²) in [6, 6.07) is 7.10. The minimum Gasteiger partial charge on any atom is -0.453 e. The van der Waals surface area contributed by atoms with Gasteiger partial charge in [-0.3, -0.25) is 10.1 Å². The van der Waals surface area contributed by atoms with E-state index in [2.05, 4.69) is 10.1 Å².